The van der Waals surface area contributed by atoms with Gasteiger partial charge in [-0.2, -0.15) is 0 Å². The molecule has 0 saturated heterocycles. The second-order valence-electron chi connectivity index (χ2n) is 6.36. The smallest absolute Gasteiger partial charge is 0.252 e. The van der Waals surface area contributed by atoms with Crippen LogP contribution < -0.4 is 11.3 Å². The molecule has 2 atom stereocenters. The van der Waals surface area contributed by atoms with Gasteiger partial charge in [-0.3, -0.25) is 20.9 Å². The first-order chi connectivity index (χ1) is 12.3. The predicted octanol–water partition coefficient (Wildman–Crippen LogP) is 5.43. The van der Waals surface area contributed by atoms with Gasteiger partial charge in [0.1, 0.15) is 11.7 Å². The molecule has 2 rings (SSSR count). The number of hydrazine groups is 1. The normalized spacial score (nSPS) is 20.3. The molecule has 0 bridgehead atoms. The SMILES string of the molecule is CC(C)(C)NN.Cl.O=C(Cl)C1C(F)=CC=CC1(F)Cl.O=C(Cl)c1ccccc1. The van der Waals surface area contributed by atoms with Crippen LogP contribution in [0.1, 0.15) is 31.1 Å². The van der Waals surface area contributed by atoms with E-state index >= 15 is 0 Å². The molecule has 1 aromatic rings. The molecule has 158 valence electrons. The van der Waals surface area contributed by atoms with Crippen molar-refractivity contribution >= 4 is 57.7 Å². The molecule has 10 heteroatoms. The predicted molar refractivity (Wildman–Crippen MR) is 113 cm³/mol. The minimum absolute atomic E-state index is 0. The number of nitrogens with two attached hydrogens (primary N) is 1. The molecular weight excluding hydrogens is 456 g/mol. The van der Waals surface area contributed by atoms with Gasteiger partial charge in [-0.25, -0.2) is 8.78 Å². The molecule has 3 N–H and O–H groups in total. The molecule has 0 aliphatic heterocycles. The Morgan fingerprint density at radius 3 is 1.89 bits per heavy atom. The lowest BCUT2D eigenvalue weighted by Gasteiger charge is -2.22. The molecular formula is C18H22Cl4F2N2O2. The summed E-state index contributed by atoms with van der Waals surface area (Å²) in [6.07, 6.45) is 2.92. The highest BCUT2D eigenvalue weighted by Crippen LogP contribution is 2.38. The van der Waals surface area contributed by atoms with Crippen molar-refractivity contribution in [3.05, 3.63) is 60.0 Å². The highest BCUT2D eigenvalue weighted by molar-refractivity contribution is 6.67. The summed E-state index contributed by atoms with van der Waals surface area (Å²) < 4.78 is 25.9. The highest BCUT2D eigenvalue weighted by atomic mass is 35.5. The standard InChI is InChI=1S/C7H4Cl2F2O.C7H5ClO.C4H12N2.ClH/c8-6(12)5-4(10)2-1-3-7(5,9)11;8-7(9)6-4-2-1-3-5-6;1-4(2,3)6-5;/h1-3,5H;1-5H;6H,5H2,1-3H3;1H. The lowest BCUT2D eigenvalue weighted by molar-refractivity contribution is -0.116. The Bertz CT molecular complexity index is 691. The van der Waals surface area contributed by atoms with Crippen LogP contribution in [0.25, 0.3) is 0 Å². The summed E-state index contributed by atoms with van der Waals surface area (Å²) in [5.41, 5.74) is 3.21. The van der Waals surface area contributed by atoms with E-state index in [1.54, 1.807) is 24.3 Å². The van der Waals surface area contributed by atoms with E-state index in [9.17, 15) is 18.4 Å². The van der Waals surface area contributed by atoms with Crippen molar-refractivity contribution in [2.45, 2.75) is 31.4 Å². The van der Waals surface area contributed by atoms with Crippen LogP contribution in [0, 0.1) is 5.92 Å². The zero-order valence-corrected chi connectivity index (χ0v) is 18.5. The summed E-state index contributed by atoms with van der Waals surface area (Å²) in [7, 11) is 0. The summed E-state index contributed by atoms with van der Waals surface area (Å²) >= 11 is 15.3. The van der Waals surface area contributed by atoms with Crippen LogP contribution in [0.4, 0.5) is 8.78 Å². The number of hydrogen-bond acceptors (Lipinski definition) is 4. The fraction of sp³-hybridized carbons (Fsp3) is 0.333. The van der Waals surface area contributed by atoms with Gasteiger partial charge in [0.25, 0.3) is 5.24 Å². The van der Waals surface area contributed by atoms with Crippen LogP contribution in [0.2, 0.25) is 0 Å². The van der Waals surface area contributed by atoms with Crippen LogP contribution in [0.5, 0.6) is 0 Å². The van der Waals surface area contributed by atoms with Gasteiger partial charge in [-0.05, 0) is 56.1 Å². The van der Waals surface area contributed by atoms with Gasteiger partial charge in [0.05, 0.1) is 0 Å². The van der Waals surface area contributed by atoms with Gasteiger partial charge >= 0.3 is 0 Å². The number of halogens is 6. The molecule has 0 amide bonds. The maximum absolute atomic E-state index is 13.1. The summed E-state index contributed by atoms with van der Waals surface area (Å²) in [4.78, 5) is 21.0. The van der Waals surface area contributed by atoms with E-state index in [4.69, 9.17) is 40.6 Å². The lowest BCUT2D eigenvalue weighted by Crippen LogP contribution is -2.41. The van der Waals surface area contributed by atoms with Crippen molar-refractivity contribution in [2.75, 3.05) is 0 Å². The maximum atomic E-state index is 13.1. The maximum Gasteiger partial charge on any atom is 0.252 e. The third kappa shape index (κ3) is 11.7. The molecule has 0 aromatic heterocycles. The number of benzene rings is 1. The molecule has 0 fully saturated rings. The Morgan fingerprint density at radius 1 is 1.18 bits per heavy atom. The van der Waals surface area contributed by atoms with Crippen LogP contribution in [-0.4, -0.2) is 21.2 Å². The fourth-order valence-corrected chi connectivity index (χ4v) is 2.19. The van der Waals surface area contributed by atoms with Crippen LogP contribution in [0.15, 0.2) is 54.4 Å². The Kier molecular flexibility index (Phi) is 13.8. The molecule has 1 aromatic carbocycles. The average Bonchev–Trinajstić information content (AvgIpc) is 2.55. The molecule has 2 unspecified atom stereocenters. The Hall–Kier alpha value is -1.02. The van der Waals surface area contributed by atoms with Gasteiger partial charge in [0.2, 0.25) is 10.4 Å². The zero-order chi connectivity index (χ0) is 21.3. The van der Waals surface area contributed by atoms with Crippen molar-refractivity contribution in [1.82, 2.24) is 5.43 Å². The van der Waals surface area contributed by atoms with E-state index in [0.717, 1.165) is 18.2 Å². The summed E-state index contributed by atoms with van der Waals surface area (Å²) in [6, 6.07) is 8.74. The van der Waals surface area contributed by atoms with Gasteiger partial charge in [0.15, 0.2) is 0 Å². The number of hydrogen-bond donors (Lipinski definition) is 2. The van der Waals surface area contributed by atoms with E-state index in [1.165, 1.54) is 0 Å². The second kappa shape index (κ2) is 13.2. The monoisotopic (exact) mass is 476 g/mol. The second-order valence-corrected chi connectivity index (χ2v) is 7.65. The third-order valence-electron chi connectivity index (χ3n) is 2.90. The lowest BCUT2D eigenvalue weighted by atomic mass is 9.98. The zero-order valence-electron chi connectivity index (χ0n) is 15.4. The molecule has 1 aliphatic rings. The Labute approximate surface area is 184 Å². The Morgan fingerprint density at radius 2 is 1.64 bits per heavy atom. The van der Waals surface area contributed by atoms with E-state index in [-0.39, 0.29) is 17.9 Å². The quantitative estimate of drug-likeness (QED) is 0.258. The van der Waals surface area contributed by atoms with E-state index in [1.807, 2.05) is 26.8 Å². The van der Waals surface area contributed by atoms with Crippen molar-refractivity contribution in [3.63, 3.8) is 0 Å². The van der Waals surface area contributed by atoms with Crippen molar-refractivity contribution in [3.8, 4) is 0 Å². The van der Waals surface area contributed by atoms with E-state index in [2.05, 4.69) is 5.43 Å². The molecule has 28 heavy (non-hydrogen) atoms. The van der Waals surface area contributed by atoms with Gasteiger partial charge < -0.3 is 0 Å². The van der Waals surface area contributed by atoms with Gasteiger partial charge in [-0.15, -0.1) is 12.4 Å². The largest absolute Gasteiger partial charge is 0.280 e. The van der Waals surface area contributed by atoms with Crippen molar-refractivity contribution < 1.29 is 18.4 Å². The molecule has 0 heterocycles. The minimum atomic E-state index is -2.54. The molecule has 0 saturated carbocycles. The van der Waals surface area contributed by atoms with Crippen LogP contribution >= 0.6 is 47.2 Å². The molecule has 0 spiro atoms. The van der Waals surface area contributed by atoms with Crippen LogP contribution in [-0.2, 0) is 4.79 Å². The first-order valence-corrected chi connectivity index (χ1v) is 8.80. The first kappa shape index (κ1) is 29.2. The Balaban J connectivity index is 0. The molecule has 1 aliphatic carbocycles. The molecule has 4 nitrogen and oxygen atoms in total. The topological polar surface area (TPSA) is 72.2 Å². The fourth-order valence-electron chi connectivity index (χ4n) is 1.47. The third-order valence-corrected chi connectivity index (χ3v) is 3.68. The van der Waals surface area contributed by atoms with Gasteiger partial charge in [0, 0.05) is 11.1 Å². The molecule has 0 radical (unpaired) electrons. The number of rotatable bonds is 2. The number of nitrogens with one attached hydrogen (secondary N) is 1. The minimum Gasteiger partial charge on any atom is -0.280 e. The van der Waals surface area contributed by atoms with E-state index < -0.39 is 27.4 Å². The van der Waals surface area contributed by atoms with Crippen LogP contribution in [0.3, 0.4) is 0 Å². The number of carbonyl (C=O) groups excluding carboxylic acids is 2. The number of carbonyl (C=O) groups is 2. The van der Waals surface area contributed by atoms with Gasteiger partial charge in [-0.1, -0.05) is 48.0 Å². The average molecular weight is 478 g/mol. The van der Waals surface area contributed by atoms with Crippen molar-refractivity contribution in [1.29, 1.82) is 0 Å². The summed E-state index contributed by atoms with van der Waals surface area (Å²) in [6.45, 7) is 6.02. The summed E-state index contributed by atoms with van der Waals surface area (Å²) in [5.74, 6) is 2.36. The van der Waals surface area contributed by atoms with Crippen molar-refractivity contribution in [2.24, 2.45) is 11.8 Å². The summed E-state index contributed by atoms with van der Waals surface area (Å²) in [5, 5.41) is -4.10. The number of alkyl halides is 2. The first-order valence-electron chi connectivity index (χ1n) is 7.66. The highest BCUT2D eigenvalue weighted by Gasteiger charge is 2.43. The van der Waals surface area contributed by atoms with E-state index in [0.29, 0.717) is 5.56 Å². The number of allylic oxidation sites excluding steroid dienone is 4.